The molecule has 0 radical (unpaired) electrons. The maximum absolute atomic E-state index is 12.8. The van der Waals surface area contributed by atoms with E-state index in [1.807, 2.05) is 6.07 Å². The van der Waals surface area contributed by atoms with Crippen LogP contribution in [-0.4, -0.2) is 37.6 Å². The zero-order chi connectivity index (χ0) is 17.6. The van der Waals surface area contributed by atoms with Crippen LogP contribution in [0, 0.1) is 0 Å². The summed E-state index contributed by atoms with van der Waals surface area (Å²) in [5, 5.41) is 11.4. The molecule has 0 spiro atoms. The van der Waals surface area contributed by atoms with E-state index in [1.54, 1.807) is 31.2 Å². The molecule has 0 aliphatic heterocycles. The summed E-state index contributed by atoms with van der Waals surface area (Å²) in [7, 11) is -3.71. The number of carboxylic acids is 1. The van der Waals surface area contributed by atoms with E-state index in [-0.39, 0.29) is 17.9 Å². The van der Waals surface area contributed by atoms with E-state index < -0.39 is 16.0 Å². The summed E-state index contributed by atoms with van der Waals surface area (Å²) in [6.07, 6.45) is 1.23. The Morgan fingerprint density at radius 1 is 1.21 bits per heavy atom. The summed E-state index contributed by atoms with van der Waals surface area (Å²) in [5.74, 6) is -0.485. The molecule has 128 valence electrons. The molecule has 0 aliphatic rings. The van der Waals surface area contributed by atoms with E-state index in [0.29, 0.717) is 18.1 Å². The van der Waals surface area contributed by atoms with Gasteiger partial charge < -0.3 is 10.4 Å². The molecule has 0 atom stereocenters. The molecule has 2 rings (SSSR count). The number of benzene rings is 1. The topological polar surface area (TPSA) is 99.6 Å². The van der Waals surface area contributed by atoms with Gasteiger partial charge in [-0.25, -0.2) is 13.4 Å². The van der Waals surface area contributed by atoms with Crippen molar-refractivity contribution in [2.75, 3.05) is 22.7 Å². The molecule has 0 saturated carbocycles. The number of hydrogen-bond donors (Lipinski definition) is 2. The lowest BCUT2D eigenvalue weighted by Gasteiger charge is -2.22. The molecular formula is C16H19N3O4S. The first-order valence-electron chi connectivity index (χ1n) is 7.44. The van der Waals surface area contributed by atoms with E-state index in [2.05, 4.69) is 10.3 Å². The number of hydrogen-bond acceptors (Lipinski definition) is 5. The number of aromatic nitrogens is 1. The maximum atomic E-state index is 12.8. The van der Waals surface area contributed by atoms with E-state index in [9.17, 15) is 13.2 Å². The highest BCUT2D eigenvalue weighted by Crippen LogP contribution is 2.23. The molecule has 0 saturated heterocycles. The van der Waals surface area contributed by atoms with Crippen molar-refractivity contribution in [3.8, 4) is 0 Å². The van der Waals surface area contributed by atoms with Crippen LogP contribution in [0.25, 0.3) is 0 Å². The van der Waals surface area contributed by atoms with Crippen LogP contribution >= 0.6 is 0 Å². The number of rotatable bonds is 8. The van der Waals surface area contributed by atoms with Crippen LogP contribution in [0.4, 0.5) is 11.5 Å². The lowest BCUT2D eigenvalue weighted by molar-refractivity contribution is -0.136. The van der Waals surface area contributed by atoms with Crippen LogP contribution < -0.4 is 9.62 Å². The van der Waals surface area contributed by atoms with Gasteiger partial charge in [-0.15, -0.1) is 0 Å². The van der Waals surface area contributed by atoms with E-state index >= 15 is 0 Å². The van der Waals surface area contributed by atoms with Gasteiger partial charge in [0.15, 0.2) is 0 Å². The average Bonchev–Trinajstić information content (AvgIpc) is 2.56. The molecule has 2 N–H and O–H groups in total. The van der Waals surface area contributed by atoms with Gasteiger partial charge >= 0.3 is 5.97 Å². The molecule has 2 aromatic rings. The van der Waals surface area contributed by atoms with Crippen molar-refractivity contribution in [3.63, 3.8) is 0 Å². The minimum absolute atomic E-state index is 0.0423. The van der Waals surface area contributed by atoms with Crippen molar-refractivity contribution in [1.29, 1.82) is 0 Å². The van der Waals surface area contributed by atoms with E-state index in [1.165, 1.54) is 22.6 Å². The third kappa shape index (κ3) is 4.23. The number of para-hydroxylation sites is 1. The molecule has 24 heavy (non-hydrogen) atoms. The first-order valence-corrected chi connectivity index (χ1v) is 8.88. The number of sulfonamides is 1. The highest BCUT2D eigenvalue weighted by atomic mass is 32.2. The molecule has 1 aromatic carbocycles. The second kappa shape index (κ2) is 7.78. The van der Waals surface area contributed by atoms with Gasteiger partial charge in [-0.05, 0) is 31.2 Å². The normalized spacial score (nSPS) is 11.0. The SMILES string of the molecule is CCN(c1ccccc1)S(=O)(=O)c1ccc(NCCC(=O)O)nc1. The molecule has 1 aromatic heterocycles. The van der Waals surface area contributed by atoms with Gasteiger partial charge in [0.05, 0.1) is 12.1 Å². The zero-order valence-corrected chi connectivity index (χ0v) is 14.0. The summed E-state index contributed by atoms with van der Waals surface area (Å²) in [6, 6.07) is 11.8. The summed E-state index contributed by atoms with van der Waals surface area (Å²) < 4.78 is 26.8. The number of nitrogens with one attached hydrogen (secondary N) is 1. The third-order valence-electron chi connectivity index (χ3n) is 3.30. The number of nitrogens with zero attached hydrogens (tertiary/aromatic N) is 2. The van der Waals surface area contributed by atoms with Gasteiger partial charge in [-0.2, -0.15) is 0 Å². The Hall–Kier alpha value is -2.61. The Bertz CT molecular complexity index is 777. The van der Waals surface area contributed by atoms with Gasteiger partial charge in [0, 0.05) is 19.3 Å². The summed E-state index contributed by atoms with van der Waals surface area (Å²) in [5.41, 5.74) is 0.587. The minimum atomic E-state index is -3.71. The summed E-state index contributed by atoms with van der Waals surface area (Å²) >= 11 is 0. The Balaban J connectivity index is 2.18. The van der Waals surface area contributed by atoms with Crippen LogP contribution in [0.1, 0.15) is 13.3 Å². The molecule has 0 fully saturated rings. The van der Waals surface area contributed by atoms with Crippen molar-refractivity contribution in [3.05, 3.63) is 48.7 Å². The number of carboxylic acid groups (broad SMARTS) is 1. The second-order valence-electron chi connectivity index (χ2n) is 4.96. The fraction of sp³-hybridized carbons (Fsp3) is 0.250. The predicted octanol–water partition coefficient (Wildman–Crippen LogP) is 2.18. The van der Waals surface area contributed by atoms with Crippen LogP contribution in [-0.2, 0) is 14.8 Å². The summed E-state index contributed by atoms with van der Waals surface area (Å²) in [4.78, 5) is 14.6. The Morgan fingerprint density at radius 3 is 2.46 bits per heavy atom. The molecule has 1 heterocycles. The van der Waals surface area contributed by atoms with Gasteiger partial charge in [0.1, 0.15) is 10.7 Å². The molecular weight excluding hydrogens is 330 g/mol. The van der Waals surface area contributed by atoms with Crippen molar-refractivity contribution < 1.29 is 18.3 Å². The number of carbonyl (C=O) groups is 1. The lowest BCUT2D eigenvalue weighted by Crippen LogP contribution is -2.30. The first kappa shape index (κ1) is 17.7. The number of aliphatic carboxylic acids is 1. The van der Waals surface area contributed by atoms with E-state index in [4.69, 9.17) is 5.11 Å². The Morgan fingerprint density at radius 2 is 1.92 bits per heavy atom. The molecule has 0 bridgehead atoms. The smallest absolute Gasteiger partial charge is 0.305 e. The lowest BCUT2D eigenvalue weighted by atomic mass is 10.3. The molecule has 0 unspecified atom stereocenters. The van der Waals surface area contributed by atoms with Gasteiger partial charge in [0.25, 0.3) is 10.0 Å². The Labute approximate surface area is 141 Å². The van der Waals surface area contributed by atoms with Gasteiger partial charge in [-0.3, -0.25) is 9.10 Å². The number of pyridine rings is 1. The quantitative estimate of drug-likeness (QED) is 0.758. The fourth-order valence-corrected chi connectivity index (χ4v) is 3.57. The summed E-state index contributed by atoms with van der Waals surface area (Å²) in [6.45, 7) is 2.28. The van der Waals surface area contributed by atoms with Gasteiger partial charge in [0.2, 0.25) is 0 Å². The van der Waals surface area contributed by atoms with Crippen LogP contribution in [0.2, 0.25) is 0 Å². The standard InChI is InChI=1S/C16H19N3O4S/c1-2-19(13-6-4-3-5-7-13)24(22,23)14-8-9-15(18-12-14)17-11-10-16(20)21/h3-9,12H,2,10-11H2,1H3,(H,17,18)(H,20,21). The monoisotopic (exact) mass is 349 g/mol. The second-order valence-corrected chi connectivity index (χ2v) is 6.82. The molecule has 7 nitrogen and oxygen atoms in total. The predicted molar refractivity (Wildman–Crippen MR) is 91.6 cm³/mol. The first-order chi connectivity index (χ1) is 11.4. The number of anilines is 2. The van der Waals surface area contributed by atoms with Crippen molar-refractivity contribution >= 4 is 27.5 Å². The molecule has 0 amide bonds. The third-order valence-corrected chi connectivity index (χ3v) is 5.19. The van der Waals surface area contributed by atoms with Crippen molar-refractivity contribution in [2.24, 2.45) is 0 Å². The zero-order valence-electron chi connectivity index (χ0n) is 13.2. The highest BCUT2D eigenvalue weighted by Gasteiger charge is 2.23. The molecule has 0 aliphatic carbocycles. The minimum Gasteiger partial charge on any atom is -0.481 e. The Kier molecular flexibility index (Phi) is 5.75. The van der Waals surface area contributed by atoms with Crippen LogP contribution in [0.5, 0.6) is 0 Å². The van der Waals surface area contributed by atoms with E-state index in [0.717, 1.165) is 0 Å². The van der Waals surface area contributed by atoms with Crippen molar-refractivity contribution in [1.82, 2.24) is 4.98 Å². The molecule has 8 heteroatoms. The average molecular weight is 349 g/mol. The van der Waals surface area contributed by atoms with Crippen molar-refractivity contribution in [2.45, 2.75) is 18.2 Å². The van der Waals surface area contributed by atoms with Crippen LogP contribution in [0.3, 0.4) is 0 Å². The fourth-order valence-electron chi connectivity index (χ4n) is 2.15. The van der Waals surface area contributed by atoms with Gasteiger partial charge in [-0.1, -0.05) is 18.2 Å². The highest BCUT2D eigenvalue weighted by molar-refractivity contribution is 7.92. The maximum Gasteiger partial charge on any atom is 0.305 e. The van der Waals surface area contributed by atoms with Crippen LogP contribution in [0.15, 0.2) is 53.6 Å². The largest absolute Gasteiger partial charge is 0.481 e.